The molecule has 15 heavy (non-hydrogen) atoms. The normalized spacial score (nSPS) is 14.3. The summed E-state index contributed by atoms with van der Waals surface area (Å²) in [6, 6.07) is 9.52. The minimum absolute atomic E-state index is 0.0599. The Labute approximate surface area is 90.7 Å². The van der Waals surface area contributed by atoms with E-state index in [-0.39, 0.29) is 11.9 Å². The smallest absolute Gasteiger partial charge is 0.237 e. The van der Waals surface area contributed by atoms with Gasteiger partial charge in [-0.05, 0) is 18.9 Å². The maximum Gasteiger partial charge on any atom is 0.237 e. The second kappa shape index (κ2) is 5.51. The van der Waals surface area contributed by atoms with Gasteiger partial charge >= 0.3 is 0 Å². The molecule has 82 valence electrons. The van der Waals surface area contributed by atoms with Crippen LogP contribution in [0.25, 0.3) is 0 Å². The fourth-order valence-corrected chi connectivity index (χ4v) is 1.41. The number of carbonyl (C=O) groups is 1. The van der Waals surface area contributed by atoms with E-state index in [0.717, 1.165) is 12.0 Å². The van der Waals surface area contributed by atoms with E-state index in [1.54, 1.807) is 6.92 Å². The summed E-state index contributed by atoms with van der Waals surface area (Å²) >= 11 is 0. The fraction of sp³-hybridized carbons (Fsp3) is 0.417. The second-order valence-electron chi connectivity index (χ2n) is 3.67. The second-order valence-corrected chi connectivity index (χ2v) is 3.67. The molecule has 1 amide bonds. The molecule has 2 atom stereocenters. The monoisotopic (exact) mass is 206 g/mol. The van der Waals surface area contributed by atoms with Crippen molar-refractivity contribution in [3.05, 3.63) is 35.9 Å². The van der Waals surface area contributed by atoms with Crippen LogP contribution in [-0.4, -0.2) is 11.9 Å². The number of nitrogens with one attached hydrogen (secondary N) is 1. The summed E-state index contributed by atoms with van der Waals surface area (Å²) in [6.07, 6.45) is 0.864. The van der Waals surface area contributed by atoms with Crippen LogP contribution < -0.4 is 11.1 Å². The Balaban J connectivity index is 2.69. The van der Waals surface area contributed by atoms with Gasteiger partial charge in [0.25, 0.3) is 0 Å². The summed E-state index contributed by atoms with van der Waals surface area (Å²) in [5.41, 5.74) is 6.62. The first kappa shape index (κ1) is 11.7. The molecule has 0 radical (unpaired) electrons. The van der Waals surface area contributed by atoms with Crippen LogP contribution in [0.1, 0.15) is 31.9 Å². The number of nitrogens with two attached hydrogens (primary N) is 1. The van der Waals surface area contributed by atoms with Crippen LogP contribution in [0.2, 0.25) is 0 Å². The number of benzene rings is 1. The molecule has 3 nitrogen and oxygen atoms in total. The van der Waals surface area contributed by atoms with Crippen LogP contribution in [0.3, 0.4) is 0 Å². The Morgan fingerprint density at radius 2 is 2.00 bits per heavy atom. The molecule has 0 saturated heterocycles. The predicted molar refractivity (Wildman–Crippen MR) is 61.3 cm³/mol. The van der Waals surface area contributed by atoms with E-state index in [1.165, 1.54) is 0 Å². The van der Waals surface area contributed by atoms with Gasteiger partial charge in [-0.1, -0.05) is 37.3 Å². The molecule has 0 fully saturated rings. The van der Waals surface area contributed by atoms with Crippen LogP contribution >= 0.6 is 0 Å². The topological polar surface area (TPSA) is 55.1 Å². The fourth-order valence-electron chi connectivity index (χ4n) is 1.41. The zero-order chi connectivity index (χ0) is 11.3. The molecule has 0 aliphatic carbocycles. The average Bonchev–Trinajstić information content (AvgIpc) is 2.26. The minimum Gasteiger partial charge on any atom is -0.348 e. The van der Waals surface area contributed by atoms with Crippen LogP contribution in [0.5, 0.6) is 0 Å². The number of carbonyl (C=O) groups excluding carboxylic acids is 1. The van der Waals surface area contributed by atoms with E-state index in [0.29, 0.717) is 0 Å². The summed E-state index contributed by atoms with van der Waals surface area (Å²) in [4.78, 5) is 11.4. The number of amides is 1. The van der Waals surface area contributed by atoms with Gasteiger partial charge in [0.1, 0.15) is 0 Å². The highest BCUT2D eigenvalue weighted by Crippen LogP contribution is 2.15. The lowest BCUT2D eigenvalue weighted by molar-refractivity contribution is -0.122. The van der Waals surface area contributed by atoms with Crippen molar-refractivity contribution in [3.8, 4) is 0 Å². The van der Waals surface area contributed by atoms with Crippen LogP contribution in [0.15, 0.2) is 30.3 Å². The van der Waals surface area contributed by atoms with Crippen LogP contribution in [-0.2, 0) is 4.79 Å². The Morgan fingerprint density at radius 3 is 2.47 bits per heavy atom. The van der Waals surface area contributed by atoms with Crippen molar-refractivity contribution in [2.24, 2.45) is 5.73 Å². The third kappa shape index (κ3) is 3.36. The summed E-state index contributed by atoms with van der Waals surface area (Å²) in [5.74, 6) is -0.106. The molecule has 0 spiro atoms. The van der Waals surface area contributed by atoms with Gasteiger partial charge in [0.05, 0.1) is 12.1 Å². The lowest BCUT2D eigenvalue weighted by Gasteiger charge is -2.18. The van der Waals surface area contributed by atoms with Crippen molar-refractivity contribution < 1.29 is 4.79 Å². The van der Waals surface area contributed by atoms with Crippen LogP contribution in [0.4, 0.5) is 0 Å². The molecule has 1 aromatic carbocycles. The Bertz CT molecular complexity index is 309. The van der Waals surface area contributed by atoms with Gasteiger partial charge in [0.15, 0.2) is 0 Å². The SMILES string of the molecule is CC[C@H](NC(=O)[C@@H](C)N)c1ccccc1. The van der Waals surface area contributed by atoms with E-state index >= 15 is 0 Å². The van der Waals surface area contributed by atoms with Crippen LogP contribution in [0, 0.1) is 0 Å². The highest BCUT2D eigenvalue weighted by atomic mass is 16.2. The van der Waals surface area contributed by atoms with Gasteiger partial charge in [-0.3, -0.25) is 4.79 Å². The van der Waals surface area contributed by atoms with Crippen molar-refractivity contribution >= 4 is 5.91 Å². The van der Waals surface area contributed by atoms with E-state index in [9.17, 15) is 4.79 Å². The Kier molecular flexibility index (Phi) is 4.31. The Morgan fingerprint density at radius 1 is 1.40 bits per heavy atom. The first-order valence-corrected chi connectivity index (χ1v) is 5.26. The van der Waals surface area contributed by atoms with Crippen molar-refractivity contribution in [2.75, 3.05) is 0 Å². The summed E-state index contributed by atoms with van der Waals surface area (Å²) in [6.45, 7) is 3.73. The third-order valence-corrected chi connectivity index (χ3v) is 2.34. The predicted octanol–water partition coefficient (Wildman–Crippen LogP) is 1.60. The molecule has 0 saturated carbocycles. The van der Waals surface area contributed by atoms with Crippen molar-refractivity contribution in [1.82, 2.24) is 5.32 Å². The van der Waals surface area contributed by atoms with E-state index in [1.807, 2.05) is 37.3 Å². The first-order chi connectivity index (χ1) is 7.15. The molecule has 0 heterocycles. The molecule has 3 N–H and O–H groups in total. The van der Waals surface area contributed by atoms with Gasteiger partial charge < -0.3 is 11.1 Å². The minimum atomic E-state index is -0.456. The van der Waals surface area contributed by atoms with Gasteiger partial charge in [-0.15, -0.1) is 0 Å². The molecular weight excluding hydrogens is 188 g/mol. The van der Waals surface area contributed by atoms with Gasteiger partial charge in [0, 0.05) is 0 Å². The number of rotatable bonds is 4. The third-order valence-electron chi connectivity index (χ3n) is 2.34. The summed E-state index contributed by atoms with van der Waals surface area (Å²) in [7, 11) is 0. The summed E-state index contributed by atoms with van der Waals surface area (Å²) < 4.78 is 0. The molecule has 1 rings (SSSR count). The molecular formula is C12H18N2O. The van der Waals surface area contributed by atoms with E-state index in [4.69, 9.17) is 5.73 Å². The zero-order valence-electron chi connectivity index (χ0n) is 9.23. The van der Waals surface area contributed by atoms with Crippen molar-refractivity contribution in [1.29, 1.82) is 0 Å². The Hall–Kier alpha value is -1.35. The molecule has 0 aromatic heterocycles. The lowest BCUT2D eigenvalue weighted by Crippen LogP contribution is -2.40. The zero-order valence-corrected chi connectivity index (χ0v) is 9.23. The molecule has 0 aliphatic rings. The maximum absolute atomic E-state index is 11.4. The quantitative estimate of drug-likeness (QED) is 0.786. The largest absolute Gasteiger partial charge is 0.348 e. The van der Waals surface area contributed by atoms with Gasteiger partial charge in [-0.2, -0.15) is 0 Å². The number of hydrogen-bond donors (Lipinski definition) is 2. The molecule has 3 heteroatoms. The lowest BCUT2D eigenvalue weighted by atomic mass is 10.0. The maximum atomic E-state index is 11.4. The molecule has 0 bridgehead atoms. The molecule has 1 aromatic rings. The molecule has 0 unspecified atom stereocenters. The first-order valence-electron chi connectivity index (χ1n) is 5.26. The van der Waals surface area contributed by atoms with E-state index in [2.05, 4.69) is 5.32 Å². The molecule has 0 aliphatic heterocycles. The highest BCUT2D eigenvalue weighted by Gasteiger charge is 2.14. The van der Waals surface area contributed by atoms with Gasteiger partial charge in [-0.25, -0.2) is 0 Å². The van der Waals surface area contributed by atoms with Crippen molar-refractivity contribution in [3.63, 3.8) is 0 Å². The number of hydrogen-bond acceptors (Lipinski definition) is 2. The van der Waals surface area contributed by atoms with E-state index < -0.39 is 6.04 Å². The highest BCUT2D eigenvalue weighted by molar-refractivity contribution is 5.81. The van der Waals surface area contributed by atoms with Gasteiger partial charge in [0.2, 0.25) is 5.91 Å². The average molecular weight is 206 g/mol. The standard InChI is InChI=1S/C12H18N2O/c1-3-11(14-12(15)9(2)13)10-7-5-4-6-8-10/h4-9,11H,3,13H2,1-2H3,(H,14,15)/t9-,11+/m1/s1. The van der Waals surface area contributed by atoms with Crippen molar-refractivity contribution in [2.45, 2.75) is 32.4 Å². The summed E-state index contributed by atoms with van der Waals surface area (Å²) in [5, 5.41) is 2.92.